The van der Waals surface area contributed by atoms with Crippen molar-refractivity contribution in [1.29, 1.82) is 0 Å². The first-order valence-electron chi connectivity index (χ1n) is 12.7. The minimum absolute atomic E-state index is 0.172. The minimum Gasteiger partial charge on any atom is -0.394 e. The fourth-order valence-electron chi connectivity index (χ4n) is 4.29. The molecule has 1 heterocycles. The van der Waals surface area contributed by atoms with Crippen LogP contribution in [0, 0.1) is 0 Å². The summed E-state index contributed by atoms with van der Waals surface area (Å²) >= 11 is 0. The van der Waals surface area contributed by atoms with Crippen LogP contribution in [0.3, 0.4) is 0 Å². The monoisotopic (exact) mass is 512 g/mol. The lowest BCUT2D eigenvalue weighted by atomic mass is 9.94. The number of amides is 2. The van der Waals surface area contributed by atoms with Gasteiger partial charge in [0.25, 0.3) is 11.8 Å². The van der Waals surface area contributed by atoms with Crippen LogP contribution in [0.4, 0.5) is 0 Å². The molecule has 0 aliphatic rings. The van der Waals surface area contributed by atoms with Crippen LogP contribution in [0.1, 0.15) is 46.0 Å². The molecule has 0 spiro atoms. The van der Waals surface area contributed by atoms with Crippen molar-refractivity contribution in [2.45, 2.75) is 32.2 Å². The summed E-state index contributed by atoms with van der Waals surface area (Å²) in [6.07, 6.45) is 2.33. The number of aliphatic hydroxyl groups excluding tert-OH is 1. The van der Waals surface area contributed by atoms with Gasteiger partial charge in [-0.25, -0.2) is 0 Å². The third kappa shape index (κ3) is 6.49. The van der Waals surface area contributed by atoms with E-state index in [-0.39, 0.29) is 18.4 Å². The largest absolute Gasteiger partial charge is 0.394 e. The van der Waals surface area contributed by atoms with Gasteiger partial charge in [-0.1, -0.05) is 67.9 Å². The Hall–Kier alpha value is -4.37. The third-order valence-corrected chi connectivity index (χ3v) is 6.34. The van der Waals surface area contributed by atoms with E-state index in [1.165, 1.54) is 0 Å². The number of aromatic nitrogens is 4. The Labute approximate surface area is 221 Å². The molecule has 0 radical (unpaired) electrons. The van der Waals surface area contributed by atoms with Crippen LogP contribution in [0.15, 0.2) is 72.8 Å². The van der Waals surface area contributed by atoms with Gasteiger partial charge >= 0.3 is 0 Å². The van der Waals surface area contributed by atoms with Crippen LogP contribution in [-0.2, 0) is 6.42 Å². The Morgan fingerprint density at radius 1 is 1.00 bits per heavy atom. The number of carbonyl (C=O) groups excluding carboxylic acids is 2. The summed E-state index contributed by atoms with van der Waals surface area (Å²) in [6.45, 7) is 2.47. The molecule has 4 rings (SSSR count). The Bertz CT molecular complexity index is 1360. The fraction of sp³-hybridized carbons (Fsp3) is 0.276. The molecule has 4 aromatic rings. The van der Waals surface area contributed by atoms with Crippen molar-refractivity contribution >= 4 is 11.8 Å². The minimum atomic E-state index is -0.480. The molecule has 0 fully saturated rings. The van der Waals surface area contributed by atoms with Crippen molar-refractivity contribution in [3.8, 4) is 22.5 Å². The Morgan fingerprint density at radius 3 is 2.39 bits per heavy atom. The predicted molar refractivity (Wildman–Crippen MR) is 145 cm³/mol. The maximum absolute atomic E-state index is 13.4. The molecular formula is C29H32N6O3. The first kappa shape index (κ1) is 26.7. The molecule has 1 atom stereocenters. The number of aromatic amines is 1. The van der Waals surface area contributed by atoms with Crippen LogP contribution in [0.5, 0.6) is 0 Å². The van der Waals surface area contributed by atoms with Crippen molar-refractivity contribution in [2.24, 2.45) is 0 Å². The maximum Gasteiger partial charge on any atom is 0.253 e. The van der Waals surface area contributed by atoms with Crippen molar-refractivity contribution < 1.29 is 14.7 Å². The first-order chi connectivity index (χ1) is 18.5. The molecule has 196 valence electrons. The number of rotatable bonds is 11. The number of tetrazole rings is 1. The molecule has 2 amide bonds. The normalized spacial score (nSPS) is 11.7. The third-order valence-electron chi connectivity index (χ3n) is 6.34. The molecule has 1 aromatic heterocycles. The van der Waals surface area contributed by atoms with E-state index >= 15 is 0 Å². The molecule has 0 unspecified atom stereocenters. The van der Waals surface area contributed by atoms with Crippen molar-refractivity contribution in [3.63, 3.8) is 0 Å². The summed E-state index contributed by atoms with van der Waals surface area (Å²) in [7, 11) is 1.76. The molecule has 0 saturated heterocycles. The van der Waals surface area contributed by atoms with Crippen LogP contribution < -0.4 is 5.32 Å². The van der Waals surface area contributed by atoms with Gasteiger partial charge < -0.3 is 15.3 Å². The highest BCUT2D eigenvalue weighted by Crippen LogP contribution is 2.31. The molecule has 0 aliphatic carbocycles. The zero-order chi connectivity index (χ0) is 26.9. The molecule has 0 bridgehead atoms. The first-order valence-corrected chi connectivity index (χ1v) is 12.7. The van der Waals surface area contributed by atoms with Gasteiger partial charge in [-0.15, -0.1) is 10.2 Å². The van der Waals surface area contributed by atoms with Crippen LogP contribution in [0.25, 0.3) is 22.5 Å². The predicted octanol–water partition coefficient (Wildman–Crippen LogP) is 3.74. The van der Waals surface area contributed by atoms with Gasteiger partial charge in [0.1, 0.15) is 0 Å². The molecule has 9 nitrogen and oxygen atoms in total. The van der Waals surface area contributed by atoms with E-state index in [0.29, 0.717) is 41.0 Å². The lowest BCUT2D eigenvalue weighted by molar-refractivity contribution is 0.0793. The van der Waals surface area contributed by atoms with E-state index in [1.807, 2.05) is 54.6 Å². The Balaban J connectivity index is 1.71. The number of benzene rings is 3. The lowest BCUT2D eigenvalue weighted by Gasteiger charge is -2.20. The fourth-order valence-corrected chi connectivity index (χ4v) is 4.29. The number of carbonyl (C=O) groups is 2. The number of nitrogens with zero attached hydrogens (tertiary/aromatic N) is 4. The number of hydrogen-bond donors (Lipinski definition) is 3. The summed E-state index contributed by atoms with van der Waals surface area (Å²) in [6, 6.07) is 21.8. The van der Waals surface area contributed by atoms with Crippen molar-refractivity contribution in [1.82, 2.24) is 30.8 Å². The Morgan fingerprint density at radius 2 is 1.71 bits per heavy atom. The summed E-state index contributed by atoms with van der Waals surface area (Å²) in [4.78, 5) is 28.5. The van der Waals surface area contributed by atoms with Crippen LogP contribution >= 0.6 is 0 Å². The van der Waals surface area contributed by atoms with Crippen molar-refractivity contribution in [3.05, 3.63) is 89.5 Å². The second-order valence-electron chi connectivity index (χ2n) is 9.20. The van der Waals surface area contributed by atoms with Gasteiger partial charge in [0.15, 0.2) is 0 Å². The van der Waals surface area contributed by atoms with E-state index in [1.54, 1.807) is 30.1 Å². The number of nitrogens with one attached hydrogen (secondary N) is 2. The SMILES string of the molecule is CCCCN(C)C(=O)c1cc(C(=O)N[C@H](CO)Cc2ccccc2)cc(-c2ccccc2-c2nn[nH]n2)c1. The maximum atomic E-state index is 13.4. The van der Waals surface area contributed by atoms with E-state index in [4.69, 9.17) is 0 Å². The van der Waals surface area contributed by atoms with Gasteiger partial charge in [-0.3, -0.25) is 9.59 Å². The van der Waals surface area contributed by atoms with Crippen LogP contribution in [0.2, 0.25) is 0 Å². The molecule has 0 saturated carbocycles. The average Bonchev–Trinajstić information content (AvgIpc) is 3.50. The van der Waals surface area contributed by atoms with Crippen LogP contribution in [-0.4, -0.2) is 68.7 Å². The van der Waals surface area contributed by atoms with Crippen molar-refractivity contribution in [2.75, 3.05) is 20.2 Å². The molecule has 9 heteroatoms. The molecule has 0 aliphatic heterocycles. The smallest absolute Gasteiger partial charge is 0.253 e. The molecule has 3 N–H and O–H groups in total. The van der Waals surface area contributed by atoms with Gasteiger partial charge in [-0.2, -0.15) is 5.21 Å². The van der Waals surface area contributed by atoms with Gasteiger partial charge in [0, 0.05) is 30.3 Å². The quantitative estimate of drug-likeness (QED) is 0.281. The van der Waals surface area contributed by atoms with Gasteiger partial charge in [-0.05, 0) is 52.9 Å². The number of hydrogen-bond acceptors (Lipinski definition) is 6. The summed E-state index contributed by atoms with van der Waals surface area (Å²) in [5, 5.41) is 27.2. The molecule has 3 aromatic carbocycles. The average molecular weight is 513 g/mol. The Kier molecular flexibility index (Phi) is 8.94. The number of aliphatic hydroxyl groups is 1. The second kappa shape index (κ2) is 12.7. The van der Waals surface area contributed by atoms with Gasteiger partial charge in [0.2, 0.25) is 5.82 Å². The zero-order valence-electron chi connectivity index (χ0n) is 21.6. The number of unbranched alkanes of at least 4 members (excludes halogenated alkanes) is 1. The standard InChI is InChI=1S/C29H32N6O3/c1-3-4-14-35(2)29(38)23-17-21(25-12-8-9-13-26(25)27-31-33-34-32-27)16-22(18-23)28(37)30-24(19-36)15-20-10-6-5-7-11-20/h5-13,16-18,24,36H,3-4,14-15,19H2,1-2H3,(H,30,37)(H,31,32,33,34)/t24-/m0/s1. The highest BCUT2D eigenvalue weighted by Gasteiger charge is 2.20. The van der Waals surface area contributed by atoms with Gasteiger partial charge in [0.05, 0.1) is 12.6 Å². The number of H-pyrrole nitrogens is 1. The topological polar surface area (TPSA) is 124 Å². The van der Waals surface area contributed by atoms with E-state index < -0.39 is 6.04 Å². The second-order valence-corrected chi connectivity index (χ2v) is 9.20. The lowest BCUT2D eigenvalue weighted by Crippen LogP contribution is -2.39. The molecule has 38 heavy (non-hydrogen) atoms. The highest BCUT2D eigenvalue weighted by atomic mass is 16.3. The summed E-state index contributed by atoms with van der Waals surface area (Å²) < 4.78 is 0. The van der Waals surface area contributed by atoms with E-state index in [0.717, 1.165) is 24.0 Å². The zero-order valence-corrected chi connectivity index (χ0v) is 21.6. The summed E-state index contributed by atoms with van der Waals surface area (Å²) in [5.74, 6) is -0.134. The highest BCUT2D eigenvalue weighted by molar-refractivity contribution is 6.02. The summed E-state index contributed by atoms with van der Waals surface area (Å²) in [5.41, 5.74) is 3.88. The molecular weight excluding hydrogens is 480 g/mol. The van der Waals surface area contributed by atoms with E-state index in [9.17, 15) is 14.7 Å². The van der Waals surface area contributed by atoms with E-state index in [2.05, 4.69) is 32.9 Å².